The molecule has 17 heavy (non-hydrogen) atoms. The summed E-state index contributed by atoms with van der Waals surface area (Å²) in [6.45, 7) is 8.77. The van der Waals surface area contributed by atoms with Crippen LogP contribution in [-0.4, -0.2) is 62.5 Å². The van der Waals surface area contributed by atoms with Crippen LogP contribution in [0, 0.1) is 0 Å². The number of likely N-dealkylation sites (N-methyl/N-ethyl adjacent to an activating group) is 1. The van der Waals surface area contributed by atoms with Gasteiger partial charge in [0.2, 0.25) is 5.91 Å². The van der Waals surface area contributed by atoms with Crippen molar-refractivity contribution in [3.8, 4) is 0 Å². The summed E-state index contributed by atoms with van der Waals surface area (Å²) in [6, 6.07) is 0. The molecule has 0 saturated carbocycles. The third kappa shape index (κ3) is 9.12. The molecule has 102 valence electrons. The average molecular weight is 243 g/mol. The fourth-order valence-electron chi connectivity index (χ4n) is 1.68. The molecule has 0 radical (unpaired) electrons. The summed E-state index contributed by atoms with van der Waals surface area (Å²) >= 11 is 0. The lowest BCUT2D eigenvalue weighted by molar-refractivity contribution is -0.131. The molecule has 0 aromatic heterocycles. The first kappa shape index (κ1) is 16.4. The van der Waals surface area contributed by atoms with Crippen molar-refractivity contribution in [3.63, 3.8) is 0 Å². The van der Waals surface area contributed by atoms with E-state index < -0.39 is 0 Å². The highest BCUT2D eigenvalue weighted by molar-refractivity contribution is 5.76. The summed E-state index contributed by atoms with van der Waals surface area (Å²) in [4.78, 5) is 16.0. The van der Waals surface area contributed by atoms with E-state index in [0.29, 0.717) is 6.42 Å². The van der Waals surface area contributed by atoms with Crippen molar-refractivity contribution in [2.75, 3.05) is 46.8 Å². The first-order valence-corrected chi connectivity index (χ1v) is 6.75. The van der Waals surface area contributed by atoms with Gasteiger partial charge in [0.15, 0.2) is 0 Å². The highest BCUT2D eigenvalue weighted by Gasteiger charge is 2.10. The number of hydrogen-bond acceptors (Lipinski definition) is 3. The number of nitrogens with one attached hydrogen (secondary N) is 1. The van der Waals surface area contributed by atoms with Gasteiger partial charge in [-0.15, -0.1) is 0 Å². The minimum absolute atomic E-state index is 0.283. The number of carbonyl (C=O) groups is 1. The lowest BCUT2D eigenvalue weighted by atomic mass is 10.3. The fraction of sp³-hybridized carbons (Fsp3) is 0.923. The molecule has 0 aromatic rings. The summed E-state index contributed by atoms with van der Waals surface area (Å²) in [7, 11) is 4.11. The second kappa shape index (κ2) is 10.5. The highest BCUT2D eigenvalue weighted by atomic mass is 16.2. The van der Waals surface area contributed by atoms with Crippen molar-refractivity contribution < 1.29 is 4.79 Å². The largest absolute Gasteiger partial charge is 0.343 e. The molecular formula is C13H29N3O. The van der Waals surface area contributed by atoms with Crippen LogP contribution in [0.25, 0.3) is 0 Å². The SMILES string of the molecule is CCCN(CCC)C(=O)CCNCCN(C)C. The van der Waals surface area contributed by atoms with Crippen LogP contribution in [0.5, 0.6) is 0 Å². The molecule has 0 aliphatic rings. The molecule has 0 rings (SSSR count). The molecule has 0 spiro atoms. The van der Waals surface area contributed by atoms with Crippen LogP contribution >= 0.6 is 0 Å². The zero-order chi connectivity index (χ0) is 13.1. The van der Waals surface area contributed by atoms with E-state index in [2.05, 4.69) is 38.2 Å². The number of hydrogen-bond donors (Lipinski definition) is 1. The Morgan fingerprint density at radius 3 is 2.06 bits per heavy atom. The predicted molar refractivity (Wildman–Crippen MR) is 73.2 cm³/mol. The van der Waals surface area contributed by atoms with Gasteiger partial charge in [-0.05, 0) is 26.9 Å². The van der Waals surface area contributed by atoms with Crippen molar-refractivity contribution in [2.24, 2.45) is 0 Å². The van der Waals surface area contributed by atoms with Crippen molar-refractivity contribution in [2.45, 2.75) is 33.1 Å². The number of amides is 1. The Morgan fingerprint density at radius 2 is 1.59 bits per heavy atom. The molecule has 4 heteroatoms. The van der Waals surface area contributed by atoms with E-state index in [9.17, 15) is 4.79 Å². The second-order valence-electron chi connectivity index (χ2n) is 4.68. The highest BCUT2D eigenvalue weighted by Crippen LogP contribution is 1.97. The summed E-state index contributed by atoms with van der Waals surface area (Å²) in [6.07, 6.45) is 2.70. The molecule has 1 amide bonds. The van der Waals surface area contributed by atoms with E-state index in [4.69, 9.17) is 0 Å². The first-order valence-electron chi connectivity index (χ1n) is 6.75. The maximum absolute atomic E-state index is 11.9. The van der Waals surface area contributed by atoms with Crippen LogP contribution in [0.3, 0.4) is 0 Å². The van der Waals surface area contributed by atoms with Crippen molar-refractivity contribution in [1.29, 1.82) is 0 Å². The Balaban J connectivity index is 3.66. The summed E-state index contributed by atoms with van der Waals surface area (Å²) in [5.74, 6) is 0.283. The van der Waals surface area contributed by atoms with Crippen LogP contribution in [0.2, 0.25) is 0 Å². The minimum Gasteiger partial charge on any atom is -0.343 e. The topological polar surface area (TPSA) is 35.6 Å². The molecule has 0 aromatic carbocycles. The maximum atomic E-state index is 11.9. The predicted octanol–water partition coefficient (Wildman–Crippen LogP) is 1.18. The molecule has 0 atom stereocenters. The molecule has 0 saturated heterocycles. The van der Waals surface area contributed by atoms with Crippen LogP contribution in [-0.2, 0) is 4.79 Å². The van der Waals surface area contributed by atoms with Gasteiger partial charge in [-0.1, -0.05) is 13.8 Å². The van der Waals surface area contributed by atoms with Crippen LogP contribution < -0.4 is 5.32 Å². The van der Waals surface area contributed by atoms with Gasteiger partial charge in [0.25, 0.3) is 0 Å². The number of nitrogens with zero attached hydrogens (tertiary/aromatic N) is 2. The number of rotatable bonds is 10. The normalized spacial score (nSPS) is 10.9. The zero-order valence-electron chi connectivity index (χ0n) is 12.0. The van der Waals surface area contributed by atoms with Gasteiger partial charge in [0.1, 0.15) is 0 Å². The van der Waals surface area contributed by atoms with E-state index in [1.807, 2.05) is 4.90 Å². The average Bonchev–Trinajstić information content (AvgIpc) is 2.27. The first-order chi connectivity index (χ1) is 8.11. The van der Waals surface area contributed by atoms with Crippen molar-refractivity contribution in [1.82, 2.24) is 15.1 Å². The molecule has 0 fully saturated rings. The molecule has 0 unspecified atom stereocenters. The lowest BCUT2D eigenvalue weighted by Crippen LogP contribution is -2.35. The third-order valence-electron chi connectivity index (χ3n) is 2.59. The van der Waals surface area contributed by atoms with Crippen molar-refractivity contribution in [3.05, 3.63) is 0 Å². The Morgan fingerprint density at radius 1 is 1.00 bits per heavy atom. The molecular weight excluding hydrogens is 214 g/mol. The standard InChI is InChI=1S/C13H29N3O/c1-5-10-16(11-6-2)13(17)7-8-14-9-12-15(3)4/h14H,5-12H2,1-4H3. The second-order valence-corrected chi connectivity index (χ2v) is 4.68. The minimum atomic E-state index is 0.283. The Hall–Kier alpha value is -0.610. The quantitative estimate of drug-likeness (QED) is 0.585. The fourth-order valence-corrected chi connectivity index (χ4v) is 1.68. The Labute approximate surface area is 106 Å². The summed E-state index contributed by atoms with van der Waals surface area (Å²) in [5.41, 5.74) is 0. The molecule has 0 bridgehead atoms. The van der Waals surface area contributed by atoms with E-state index in [1.165, 1.54) is 0 Å². The van der Waals surface area contributed by atoms with Gasteiger partial charge < -0.3 is 15.1 Å². The molecule has 4 nitrogen and oxygen atoms in total. The van der Waals surface area contributed by atoms with Crippen LogP contribution in [0.4, 0.5) is 0 Å². The Kier molecular flexibility index (Phi) is 10.2. The molecule has 0 heterocycles. The van der Waals surface area contributed by atoms with Gasteiger partial charge in [0.05, 0.1) is 0 Å². The monoisotopic (exact) mass is 243 g/mol. The van der Waals surface area contributed by atoms with Crippen LogP contribution in [0.15, 0.2) is 0 Å². The smallest absolute Gasteiger partial charge is 0.223 e. The Bertz CT molecular complexity index is 189. The zero-order valence-corrected chi connectivity index (χ0v) is 12.0. The van der Waals surface area contributed by atoms with Gasteiger partial charge in [-0.3, -0.25) is 4.79 Å². The molecule has 1 N–H and O–H groups in total. The molecule has 0 aliphatic heterocycles. The van der Waals surface area contributed by atoms with Crippen molar-refractivity contribution >= 4 is 5.91 Å². The van der Waals surface area contributed by atoms with E-state index in [1.54, 1.807) is 0 Å². The number of carbonyl (C=O) groups excluding carboxylic acids is 1. The third-order valence-corrected chi connectivity index (χ3v) is 2.59. The summed E-state index contributed by atoms with van der Waals surface area (Å²) < 4.78 is 0. The van der Waals surface area contributed by atoms with E-state index in [-0.39, 0.29) is 5.91 Å². The maximum Gasteiger partial charge on any atom is 0.223 e. The van der Waals surface area contributed by atoms with Gasteiger partial charge >= 0.3 is 0 Å². The van der Waals surface area contributed by atoms with Gasteiger partial charge in [0, 0.05) is 39.1 Å². The van der Waals surface area contributed by atoms with Crippen LogP contribution in [0.1, 0.15) is 33.1 Å². The molecule has 0 aliphatic carbocycles. The van der Waals surface area contributed by atoms with Gasteiger partial charge in [-0.2, -0.15) is 0 Å². The van der Waals surface area contributed by atoms with E-state index >= 15 is 0 Å². The summed E-state index contributed by atoms with van der Waals surface area (Å²) in [5, 5.41) is 3.30. The van der Waals surface area contributed by atoms with E-state index in [0.717, 1.165) is 45.6 Å². The lowest BCUT2D eigenvalue weighted by Gasteiger charge is -2.21. The van der Waals surface area contributed by atoms with Gasteiger partial charge in [-0.25, -0.2) is 0 Å².